The second-order valence-corrected chi connectivity index (χ2v) is 6.62. The molecule has 0 saturated carbocycles. The maximum absolute atomic E-state index is 12.2. The molecule has 25 heavy (non-hydrogen) atoms. The highest BCUT2D eigenvalue weighted by atomic mass is 79.9. The van der Waals surface area contributed by atoms with Crippen molar-refractivity contribution in [3.63, 3.8) is 0 Å². The molecule has 0 aliphatic rings. The summed E-state index contributed by atoms with van der Waals surface area (Å²) < 4.78 is 0.755. The lowest BCUT2D eigenvalue weighted by atomic mass is 10.1. The van der Waals surface area contributed by atoms with Crippen molar-refractivity contribution in [2.24, 2.45) is 5.10 Å². The highest BCUT2D eigenvalue weighted by Crippen LogP contribution is 2.16. The van der Waals surface area contributed by atoms with Gasteiger partial charge in [0.2, 0.25) is 0 Å². The van der Waals surface area contributed by atoms with Crippen molar-refractivity contribution in [1.82, 2.24) is 5.43 Å². The van der Waals surface area contributed by atoms with Gasteiger partial charge in [-0.15, -0.1) is 0 Å². The molecule has 0 heterocycles. The molecule has 2 rings (SSSR count). The number of halogens is 1. The molecule has 130 valence electrons. The molecular formula is C21H23BrN2O. The third-order valence-corrected chi connectivity index (χ3v) is 4.43. The Hall–Kier alpha value is -2.20. The van der Waals surface area contributed by atoms with Crippen molar-refractivity contribution in [1.29, 1.82) is 0 Å². The van der Waals surface area contributed by atoms with Crippen LogP contribution >= 0.6 is 15.9 Å². The summed E-state index contributed by atoms with van der Waals surface area (Å²) in [6.45, 7) is 2.19. The fourth-order valence-corrected chi connectivity index (χ4v) is 2.86. The van der Waals surface area contributed by atoms with E-state index in [0.29, 0.717) is 5.56 Å². The van der Waals surface area contributed by atoms with Gasteiger partial charge < -0.3 is 0 Å². The lowest BCUT2D eigenvalue weighted by molar-refractivity contribution is 0.0954. The lowest BCUT2D eigenvalue weighted by Crippen LogP contribution is -2.18. The third kappa shape index (κ3) is 6.67. The van der Waals surface area contributed by atoms with Crippen LogP contribution in [0.5, 0.6) is 0 Å². The summed E-state index contributed by atoms with van der Waals surface area (Å²) in [6.07, 6.45) is 8.27. The Morgan fingerprint density at radius 3 is 2.52 bits per heavy atom. The highest BCUT2D eigenvalue weighted by Gasteiger charge is 2.07. The molecule has 0 fully saturated rings. The summed E-state index contributed by atoms with van der Waals surface area (Å²) in [5, 5.41) is 4.15. The van der Waals surface area contributed by atoms with Crippen LogP contribution in [0.2, 0.25) is 0 Å². The maximum atomic E-state index is 12.2. The summed E-state index contributed by atoms with van der Waals surface area (Å²) in [4.78, 5) is 12.2. The Morgan fingerprint density at radius 2 is 1.80 bits per heavy atom. The number of carbonyl (C=O) groups is 1. The zero-order valence-corrected chi connectivity index (χ0v) is 16.0. The first kappa shape index (κ1) is 19.1. The fraction of sp³-hybridized carbons (Fsp3) is 0.238. The summed E-state index contributed by atoms with van der Waals surface area (Å²) >= 11 is 3.38. The fourth-order valence-electron chi connectivity index (χ4n) is 2.40. The van der Waals surface area contributed by atoms with Crippen LogP contribution in [0.4, 0.5) is 0 Å². The van der Waals surface area contributed by atoms with E-state index in [1.807, 2.05) is 36.4 Å². The molecule has 4 heteroatoms. The average Bonchev–Trinajstić information content (AvgIpc) is 2.63. The number of hydrogen-bond donors (Lipinski definition) is 1. The number of hydrogen-bond acceptors (Lipinski definition) is 2. The first-order valence-electron chi connectivity index (χ1n) is 8.54. The average molecular weight is 399 g/mol. The second kappa shape index (κ2) is 10.6. The van der Waals surface area contributed by atoms with Gasteiger partial charge in [0, 0.05) is 4.47 Å². The number of nitrogens with zero attached hydrogens (tertiary/aromatic N) is 1. The first-order chi connectivity index (χ1) is 12.2. The van der Waals surface area contributed by atoms with Crippen LogP contribution in [0.1, 0.15) is 48.5 Å². The van der Waals surface area contributed by atoms with Gasteiger partial charge in [-0.05, 0) is 52.0 Å². The Kier molecular flexibility index (Phi) is 8.13. The van der Waals surface area contributed by atoms with Gasteiger partial charge in [-0.2, -0.15) is 5.10 Å². The normalized spacial score (nSPS) is 11.7. The number of amides is 1. The largest absolute Gasteiger partial charge is 0.272 e. The van der Waals surface area contributed by atoms with E-state index in [1.165, 1.54) is 12.8 Å². The van der Waals surface area contributed by atoms with Crippen LogP contribution in [0, 0.1) is 0 Å². The van der Waals surface area contributed by atoms with Crippen LogP contribution in [-0.2, 0) is 0 Å². The monoisotopic (exact) mass is 398 g/mol. The van der Waals surface area contributed by atoms with Gasteiger partial charge in [0.05, 0.1) is 11.8 Å². The molecule has 2 aromatic carbocycles. The molecule has 0 spiro atoms. The van der Waals surface area contributed by atoms with Crippen molar-refractivity contribution in [3.8, 4) is 0 Å². The van der Waals surface area contributed by atoms with E-state index in [2.05, 4.69) is 51.6 Å². The molecule has 0 aromatic heterocycles. The number of unbranched alkanes of at least 4 members (excludes halogenated alkanes) is 2. The molecule has 1 N–H and O–H groups in total. The molecule has 1 amide bonds. The van der Waals surface area contributed by atoms with Crippen LogP contribution in [0.3, 0.4) is 0 Å². The van der Waals surface area contributed by atoms with E-state index < -0.39 is 0 Å². The Labute approximate surface area is 158 Å². The maximum Gasteiger partial charge on any atom is 0.272 e. The SMILES string of the molecule is CCCCCC(C=NNC(=O)c1ccccc1Br)=Cc1ccccc1. The quantitative estimate of drug-likeness (QED) is 0.339. The minimum absolute atomic E-state index is 0.226. The topological polar surface area (TPSA) is 41.5 Å². The zero-order chi connectivity index (χ0) is 17.9. The number of rotatable bonds is 8. The Bertz CT molecular complexity index is 739. The Morgan fingerprint density at radius 1 is 1.08 bits per heavy atom. The van der Waals surface area contributed by atoms with Gasteiger partial charge in [0.15, 0.2) is 0 Å². The van der Waals surface area contributed by atoms with Crippen molar-refractivity contribution in [2.75, 3.05) is 0 Å². The molecule has 0 bridgehead atoms. The van der Waals surface area contributed by atoms with Crippen LogP contribution in [-0.4, -0.2) is 12.1 Å². The summed E-state index contributed by atoms with van der Waals surface area (Å²) in [6, 6.07) is 17.5. The van der Waals surface area contributed by atoms with E-state index in [1.54, 1.807) is 12.3 Å². The second-order valence-electron chi connectivity index (χ2n) is 5.77. The predicted octanol–water partition coefficient (Wildman–Crippen LogP) is 5.83. The molecule has 2 aromatic rings. The Balaban J connectivity index is 2.05. The van der Waals surface area contributed by atoms with E-state index in [-0.39, 0.29) is 5.91 Å². The van der Waals surface area contributed by atoms with Gasteiger partial charge in [0.25, 0.3) is 5.91 Å². The van der Waals surface area contributed by atoms with Crippen LogP contribution in [0.25, 0.3) is 6.08 Å². The van der Waals surface area contributed by atoms with Gasteiger partial charge >= 0.3 is 0 Å². The summed E-state index contributed by atoms with van der Waals surface area (Å²) in [5.74, 6) is -0.226. The van der Waals surface area contributed by atoms with Gasteiger partial charge in [-0.3, -0.25) is 4.79 Å². The van der Waals surface area contributed by atoms with Crippen molar-refractivity contribution < 1.29 is 4.79 Å². The molecule has 0 radical (unpaired) electrons. The van der Waals surface area contributed by atoms with Crippen molar-refractivity contribution >= 4 is 34.1 Å². The first-order valence-corrected chi connectivity index (χ1v) is 9.33. The van der Waals surface area contributed by atoms with E-state index in [0.717, 1.165) is 28.5 Å². The van der Waals surface area contributed by atoms with Gasteiger partial charge in [-0.1, -0.05) is 68.3 Å². The predicted molar refractivity (Wildman–Crippen MR) is 109 cm³/mol. The van der Waals surface area contributed by atoms with E-state index in [4.69, 9.17) is 0 Å². The minimum atomic E-state index is -0.226. The number of benzene rings is 2. The lowest BCUT2D eigenvalue weighted by Gasteiger charge is -2.04. The van der Waals surface area contributed by atoms with Crippen molar-refractivity contribution in [2.45, 2.75) is 32.6 Å². The molecule has 0 unspecified atom stereocenters. The van der Waals surface area contributed by atoms with Gasteiger partial charge in [0.1, 0.15) is 0 Å². The molecule has 0 saturated heterocycles. The standard InChI is InChI=1S/C21H23BrN2O/c1-2-3-5-12-18(15-17-10-6-4-7-11-17)16-23-24-21(25)19-13-8-9-14-20(19)22/h4,6-11,13-16H,2-3,5,12H2,1H3,(H,24,25). The number of hydrazone groups is 1. The molecule has 0 aliphatic carbocycles. The minimum Gasteiger partial charge on any atom is -0.267 e. The van der Waals surface area contributed by atoms with Gasteiger partial charge in [-0.25, -0.2) is 5.43 Å². The molecular weight excluding hydrogens is 376 g/mol. The number of allylic oxidation sites excluding steroid dienone is 1. The van der Waals surface area contributed by atoms with E-state index in [9.17, 15) is 4.79 Å². The smallest absolute Gasteiger partial charge is 0.267 e. The molecule has 3 nitrogen and oxygen atoms in total. The highest BCUT2D eigenvalue weighted by molar-refractivity contribution is 9.10. The van der Waals surface area contributed by atoms with Crippen molar-refractivity contribution in [3.05, 3.63) is 75.8 Å². The third-order valence-electron chi connectivity index (χ3n) is 3.74. The summed E-state index contributed by atoms with van der Waals surface area (Å²) in [5.41, 5.74) is 5.42. The zero-order valence-electron chi connectivity index (χ0n) is 14.4. The molecule has 0 aliphatic heterocycles. The number of nitrogens with one attached hydrogen (secondary N) is 1. The van der Waals surface area contributed by atoms with Crippen LogP contribution in [0.15, 0.2) is 69.7 Å². The summed E-state index contributed by atoms with van der Waals surface area (Å²) in [7, 11) is 0. The number of carbonyl (C=O) groups excluding carboxylic acids is 1. The molecule has 0 atom stereocenters. The van der Waals surface area contributed by atoms with Crippen LogP contribution < -0.4 is 5.43 Å². The van der Waals surface area contributed by atoms with E-state index >= 15 is 0 Å².